The highest BCUT2D eigenvalue weighted by atomic mass is 16.2. The molecule has 7 heteroatoms. The molecule has 2 aromatic rings. The summed E-state index contributed by atoms with van der Waals surface area (Å²) in [6.45, 7) is 6.41. The molecule has 28 heavy (non-hydrogen) atoms. The van der Waals surface area contributed by atoms with E-state index in [0.29, 0.717) is 24.1 Å². The zero-order valence-electron chi connectivity index (χ0n) is 16.4. The van der Waals surface area contributed by atoms with Crippen molar-refractivity contribution in [3.05, 3.63) is 48.3 Å². The van der Waals surface area contributed by atoms with Crippen molar-refractivity contribution in [2.75, 3.05) is 29.9 Å². The number of carbonyl (C=O) groups excluding carboxylic acids is 2. The van der Waals surface area contributed by atoms with E-state index in [1.54, 1.807) is 18.5 Å². The average molecular weight is 381 g/mol. The van der Waals surface area contributed by atoms with Crippen LogP contribution in [0.4, 0.5) is 11.6 Å². The molecular formula is C21H27N5O2. The smallest absolute Gasteiger partial charge is 0.313 e. The number of nitrogens with one attached hydrogen (secondary N) is 2. The van der Waals surface area contributed by atoms with Crippen LogP contribution in [-0.2, 0) is 9.59 Å². The molecule has 7 nitrogen and oxygen atoms in total. The number of piperidine rings is 1. The van der Waals surface area contributed by atoms with Crippen molar-refractivity contribution >= 4 is 23.5 Å². The summed E-state index contributed by atoms with van der Waals surface area (Å²) in [6.07, 6.45) is 5.33. The lowest BCUT2D eigenvalue weighted by Crippen LogP contribution is -2.42. The Hall–Kier alpha value is -2.96. The molecule has 2 heterocycles. The van der Waals surface area contributed by atoms with Crippen LogP contribution in [0.1, 0.15) is 38.2 Å². The standard InChI is InChI=1S/C21H27N5O2/c1-15(2)17-4-6-18(7-5-17)25-20(28)19(27)24-14-16-8-12-26(13-9-16)21-22-10-3-11-23-21/h3-7,10-11,15-16H,8-9,12-14H2,1-2H3,(H,24,27)(H,25,28). The van der Waals surface area contributed by atoms with Gasteiger partial charge in [0.1, 0.15) is 0 Å². The van der Waals surface area contributed by atoms with E-state index in [9.17, 15) is 9.59 Å². The summed E-state index contributed by atoms with van der Waals surface area (Å²) in [4.78, 5) is 34.9. The fraction of sp³-hybridized carbons (Fsp3) is 0.429. The first-order valence-corrected chi connectivity index (χ1v) is 9.74. The number of hydrogen-bond donors (Lipinski definition) is 2. The molecule has 1 saturated heterocycles. The Balaban J connectivity index is 1.41. The number of aromatic nitrogens is 2. The molecule has 1 aliphatic rings. The van der Waals surface area contributed by atoms with Gasteiger partial charge in [-0.05, 0) is 48.4 Å². The molecule has 0 spiro atoms. The predicted octanol–water partition coefficient (Wildman–Crippen LogP) is 2.57. The van der Waals surface area contributed by atoms with Gasteiger partial charge in [0.15, 0.2) is 0 Å². The third-order valence-electron chi connectivity index (χ3n) is 5.04. The SMILES string of the molecule is CC(C)c1ccc(NC(=O)C(=O)NCC2CCN(c3ncccn3)CC2)cc1. The van der Waals surface area contributed by atoms with Gasteiger partial charge in [-0.15, -0.1) is 0 Å². The number of carbonyl (C=O) groups is 2. The highest BCUT2D eigenvalue weighted by molar-refractivity contribution is 6.39. The van der Waals surface area contributed by atoms with Gasteiger partial charge in [0.25, 0.3) is 0 Å². The molecule has 1 fully saturated rings. The topological polar surface area (TPSA) is 87.2 Å². The van der Waals surface area contributed by atoms with Crippen LogP contribution in [0.25, 0.3) is 0 Å². The first-order valence-electron chi connectivity index (χ1n) is 9.74. The average Bonchev–Trinajstić information content (AvgIpc) is 2.73. The van der Waals surface area contributed by atoms with Crippen LogP contribution < -0.4 is 15.5 Å². The van der Waals surface area contributed by atoms with Crippen molar-refractivity contribution in [2.45, 2.75) is 32.6 Å². The normalized spacial score (nSPS) is 14.8. The Labute approximate surface area is 165 Å². The van der Waals surface area contributed by atoms with Crippen molar-refractivity contribution in [3.8, 4) is 0 Å². The van der Waals surface area contributed by atoms with Crippen LogP contribution in [0.5, 0.6) is 0 Å². The predicted molar refractivity (Wildman–Crippen MR) is 109 cm³/mol. The zero-order chi connectivity index (χ0) is 19.9. The Bertz CT molecular complexity index is 784. The van der Waals surface area contributed by atoms with E-state index in [2.05, 4.69) is 39.3 Å². The van der Waals surface area contributed by atoms with Crippen LogP contribution >= 0.6 is 0 Å². The van der Waals surface area contributed by atoms with E-state index in [1.807, 2.05) is 24.3 Å². The van der Waals surface area contributed by atoms with Crippen LogP contribution in [0.15, 0.2) is 42.7 Å². The summed E-state index contributed by atoms with van der Waals surface area (Å²) >= 11 is 0. The minimum Gasteiger partial charge on any atom is -0.348 e. The minimum absolute atomic E-state index is 0.349. The Morgan fingerprint density at radius 3 is 2.32 bits per heavy atom. The molecule has 1 aliphatic heterocycles. The molecule has 0 aliphatic carbocycles. The third-order valence-corrected chi connectivity index (χ3v) is 5.04. The molecule has 0 atom stereocenters. The molecule has 2 amide bonds. The lowest BCUT2D eigenvalue weighted by Gasteiger charge is -2.31. The van der Waals surface area contributed by atoms with Gasteiger partial charge in [0.2, 0.25) is 5.95 Å². The second kappa shape index (κ2) is 9.30. The maximum absolute atomic E-state index is 12.1. The summed E-state index contributed by atoms with van der Waals surface area (Å²) in [6, 6.07) is 9.37. The highest BCUT2D eigenvalue weighted by Gasteiger charge is 2.22. The van der Waals surface area contributed by atoms with Gasteiger partial charge in [0, 0.05) is 37.7 Å². The van der Waals surface area contributed by atoms with E-state index in [4.69, 9.17) is 0 Å². The van der Waals surface area contributed by atoms with Crippen LogP contribution in [0.3, 0.4) is 0 Å². The first kappa shape index (κ1) is 19.8. The summed E-state index contributed by atoms with van der Waals surface area (Å²) in [5.41, 5.74) is 1.82. The van der Waals surface area contributed by atoms with Gasteiger partial charge >= 0.3 is 11.8 Å². The molecule has 2 N–H and O–H groups in total. The molecule has 1 aromatic heterocycles. The fourth-order valence-corrected chi connectivity index (χ4v) is 3.25. The maximum atomic E-state index is 12.1. The number of rotatable bonds is 5. The molecule has 0 bridgehead atoms. The number of nitrogens with zero attached hydrogens (tertiary/aromatic N) is 3. The lowest BCUT2D eigenvalue weighted by molar-refractivity contribution is -0.136. The molecule has 1 aromatic carbocycles. The molecule has 3 rings (SSSR count). The number of amides is 2. The number of anilines is 2. The van der Waals surface area contributed by atoms with Crippen LogP contribution in [0, 0.1) is 5.92 Å². The van der Waals surface area contributed by atoms with Crippen LogP contribution in [-0.4, -0.2) is 41.4 Å². The van der Waals surface area contributed by atoms with Crippen molar-refractivity contribution in [2.24, 2.45) is 5.92 Å². The second-order valence-electron chi connectivity index (χ2n) is 7.42. The summed E-state index contributed by atoms with van der Waals surface area (Å²) in [7, 11) is 0. The molecule has 0 saturated carbocycles. The summed E-state index contributed by atoms with van der Waals surface area (Å²) < 4.78 is 0. The number of hydrogen-bond acceptors (Lipinski definition) is 5. The quantitative estimate of drug-likeness (QED) is 0.778. The second-order valence-corrected chi connectivity index (χ2v) is 7.42. The van der Waals surface area contributed by atoms with E-state index in [1.165, 1.54) is 5.56 Å². The Morgan fingerprint density at radius 1 is 1.07 bits per heavy atom. The van der Waals surface area contributed by atoms with Gasteiger partial charge in [-0.1, -0.05) is 26.0 Å². The van der Waals surface area contributed by atoms with Gasteiger partial charge in [-0.2, -0.15) is 0 Å². The first-order chi connectivity index (χ1) is 13.5. The van der Waals surface area contributed by atoms with E-state index in [0.717, 1.165) is 31.9 Å². The minimum atomic E-state index is -0.632. The van der Waals surface area contributed by atoms with Crippen molar-refractivity contribution in [1.29, 1.82) is 0 Å². The van der Waals surface area contributed by atoms with Gasteiger partial charge in [-0.3, -0.25) is 9.59 Å². The van der Waals surface area contributed by atoms with E-state index >= 15 is 0 Å². The molecule has 0 radical (unpaired) electrons. The van der Waals surface area contributed by atoms with Gasteiger partial charge in [0.05, 0.1) is 0 Å². The van der Waals surface area contributed by atoms with Gasteiger partial charge < -0.3 is 15.5 Å². The monoisotopic (exact) mass is 381 g/mol. The molecule has 148 valence electrons. The largest absolute Gasteiger partial charge is 0.348 e. The summed E-state index contributed by atoms with van der Waals surface area (Å²) in [5, 5.41) is 5.40. The van der Waals surface area contributed by atoms with Crippen molar-refractivity contribution in [3.63, 3.8) is 0 Å². The zero-order valence-corrected chi connectivity index (χ0v) is 16.4. The summed E-state index contributed by atoms with van der Waals surface area (Å²) in [5.74, 6) is 0.289. The van der Waals surface area contributed by atoms with Crippen molar-refractivity contribution in [1.82, 2.24) is 15.3 Å². The highest BCUT2D eigenvalue weighted by Crippen LogP contribution is 2.20. The molecule has 0 unspecified atom stereocenters. The number of benzene rings is 1. The van der Waals surface area contributed by atoms with E-state index in [-0.39, 0.29) is 0 Å². The van der Waals surface area contributed by atoms with Crippen LogP contribution in [0.2, 0.25) is 0 Å². The molecular weight excluding hydrogens is 354 g/mol. The van der Waals surface area contributed by atoms with E-state index < -0.39 is 11.8 Å². The van der Waals surface area contributed by atoms with Gasteiger partial charge in [-0.25, -0.2) is 9.97 Å². The van der Waals surface area contributed by atoms with Crippen molar-refractivity contribution < 1.29 is 9.59 Å². The third kappa shape index (κ3) is 5.28. The maximum Gasteiger partial charge on any atom is 0.313 e. The lowest BCUT2D eigenvalue weighted by atomic mass is 9.97. The Morgan fingerprint density at radius 2 is 1.71 bits per heavy atom. The fourth-order valence-electron chi connectivity index (χ4n) is 3.25. The Kier molecular flexibility index (Phi) is 6.57.